The average molecular weight is 337 g/mol. The smallest absolute Gasteiger partial charge is 0.331 e. The van der Waals surface area contributed by atoms with E-state index in [-0.39, 0.29) is 30.1 Å². The Balaban J connectivity index is 3.29. The molecule has 1 rings (SSSR count). The SMILES string of the molecule is CCC(C)N(C(=O)Cn1cc(C(C)=O)c(=O)n(C)c1=O)C(C)CC. The first-order valence-corrected chi connectivity index (χ1v) is 8.28. The summed E-state index contributed by atoms with van der Waals surface area (Å²) in [7, 11) is 1.30. The van der Waals surface area contributed by atoms with Gasteiger partial charge in [-0.15, -0.1) is 0 Å². The van der Waals surface area contributed by atoms with E-state index < -0.39 is 17.0 Å². The number of hydrogen-bond donors (Lipinski definition) is 0. The van der Waals surface area contributed by atoms with Crippen LogP contribution < -0.4 is 11.2 Å². The van der Waals surface area contributed by atoms with Crippen LogP contribution in [0.15, 0.2) is 15.8 Å². The molecule has 7 nitrogen and oxygen atoms in total. The van der Waals surface area contributed by atoms with Gasteiger partial charge in [0.15, 0.2) is 5.78 Å². The van der Waals surface area contributed by atoms with E-state index in [9.17, 15) is 19.2 Å². The first-order valence-electron chi connectivity index (χ1n) is 8.28. The number of hydrogen-bond acceptors (Lipinski definition) is 4. The lowest BCUT2D eigenvalue weighted by molar-refractivity contribution is -0.136. The lowest BCUT2D eigenvalue weighted by Gasteiger charge is -2.34. The Morgan fingerprint density at radius 3 is 2.04 bits per heavy atom. The minimum Gasteiger partial charge on any atom is -0.336 e. The molecule has 1 aromatic heterocycles. The van der Waals surface area contributed by atoms with Crippen molar-refractivity contribution in [2.45, 2.75) is 66.1 Å². The third-order valence-corrected chi connectivity index (χ3v) is 4.46. The van der Waals surface area contributed by atoms with E-state index >= 15 is 0 Å². The first-order chi connectivity index (χ1) is 11.1. The summed E-state index contributed by atoms with van der Waals surface area (Å²) in [4.78, 5) is 50.3. The molecule has 1 heterocycles. The number of aromatic nitrogens is 2. The van der Waals surface area contributed by atoms with E-state index in [2.05, 4.69) is 0 Å². The molecule has 0 saturated carbocycles. The van der Waals surface area contributed by atoms with Gasteiger partial charge < -0.3 is 4.90 Å². The normalized spacial score (nSPS) is 13.4. The summed E-state index contributed by atoms with van der Waals surface area (Å²) in [5, 5.41) is 0. The van der Waals surface area contributed by atoms with Crippen LogP contribution in [0.25, 0.3) is 0 Å². The van der Waals surface area contributed by atoms with E-state index in [0.717, 1.165) is 22.0 Å². The standard InChI is InChI=1S/C17H27N3O4/c1-7-11(3)20(12(4)8-2)15(22)10-19-9-14(13(5)21)16(23)18(6)17(19)24/h9,11-12H,7-8,10H2,1-6H3. The van der Waals surface area contributed by atoms with Crippen molar-refractivity contribution in [2.24, 2.45) is 7.05 Å². The summed E-state index contributed by atoms with van der Waals surface area (Å²) in [6, 6.07) is 0.0888. The number of ketones is 1. The fourth-order valence-electron chi connectivity index (χ4n) is 2.63. The Bertz CT molecular complexity index is 722. The zero-order valence-corrected chi connectivity index (χ0v) is 15.3. The zero-order chi connectivity index (χ0) is 18.6. The molecular formula is C17H27N3O4. The topological polar surface area (TPSA) is 81.4 Å². The van der Waals surface area contributed by atoms with Gasteiger partial charge in [0, 0.05) is 25.3 Å². The highest BCUT2D eigenvalue weighted by Gasteiger charge is 2.24. The molecule has 7 heteroatoms. The number of Topliss-reactive ketones (excluding diaryl/α,β-unsaturated/α-hetero) is 1. The van der Waals surface area contributed by atoms with Crippen molar-refractivity contribution in [3.05, 3.63) is 32.6 Å². The Morgan fingerprint density at radius 2 is 1.62 bits per heavy atom. The van der Waals surface area contributed by atoms with Crippen molar-refractivity contribution in [3.63, 3.8) is 0 Å². The van der Waals surface area contributed by atoms with Crippen molar-refractivity contribution in [1.82, 2.24) is 14.0 Å². The molecule has 24 heavy (non-hydrogen) atoms. The molecule has 134 valence electrons. The Kier molecular flexibility index (Phi) is 6.69. The maximum absolute atomic E-state index is 12.7. The highest BCUT2D eigenvalue weighted by atomic mass is 16.2. The Hall–Kier alpha value is -2.18. The zero-order valence-electron chi connectivity index (χ0n) is 15.3. The van der Waals surface area contributed by atoms with Gasteiger partial charge in [0.05, 0.1) is 5.56 Å². The van der Waals surface area contributed by atoms with E-state index in [1.807, 2.05) is 27.7 Å². The predicted molar refractivity (Wildman–Crippen MR) is 92.3 cm³/mol. The Morgan fingerprint density at radius 1 is 1.12 bits per heavy atom. The summed E-state index contributed by atoms with van der Waals surface area (Å²) in [5.74, 6) is -0.633. The third kappa shape index (κ3) is 4.01. The number of carbonyl (C=O) groups excluding carboxylic acids is 2. The summed E-state index contributed by atoms with van der Waals surface area (Å²) >= 11 is 0. The van der Waals surface area contributed by atoms with Crippen LogP contribution in [0.5, 0.6) is 0 Å². The van der Waals surface area contributed by atoms with Crippen LogP contribution in [0.4, 0.5) is 0 Å². The molecule has 0 aliphatic carbocycles. The number of nitrogens with zero attached hydrogens (tertiary/aromatic N) is 3. The number of rotatable bonds is 7. The van der Waals surface area contributed by atoms with Crippen LogP contribution in [0.3, 0.4) is 0 Å². The van der Waals surface area contributed by atoms with Crippen molar-refractivity contribution in [3.8, 4) is 0 Å². The molecule has 0 fully saturated rings. The van der Waals surface area contributed by atoms with Gasteiger partial charge >= 0.3 is 5.69 Å². The van der Waals surface area contributed by atoms with Gasteiger partial charge in [-0.1, -0.05) is 13.8 Å². The van der Waals surface area contributed by atoms with Gasteiger partial charge in [-0.05, 0) is 33.6 Å². The molecule has 0 aromatic carbocycles. The molecule has 0 N–H and O–H groups in total. The van der Waals surface area contributed by atoms with Gasteiger partial charge in [0.25, 0.3) is 5.56 Å². The average Bonchev–Trinajstić information content (AvgIpc) is 2.54. The fourth-order valence-corrected chi connectivity index (χ4v) is 2.63. The summed E-state index contributed by atoms with van der Waals surface area (Å²) in [6.07, 6.45) is 2.80. The molecule has 0 bridgehead atoms. The fraction of sp³-hybridized carbons (Fsp3) is 0.647. The summed E-state index contributed by atoms with van der Waals surface area (Å²) in [5.41, 5.74) is -1.34. The van der Waals surface area contributed by atoms with Crippen molar-refractivity contribution in [2.75, 3.05) is 0 Å². The largest absolute Gasteiger partial charge is 0.336 e. The molecule has 1 aromatic rings. The minimum absolute atomic E-state index is 0.0444. The van der Waals surface area contributed by atoms with Crippen molar-refractivity contribution >= 4 is 11.7 Å². The predicted octanol–water partition coefficient (Wildman–Crippen LogP) is 1.18. The maximum Gasteiger partial charge on any atom is 0.331 e. The molecule has 1 amide bonds. The minimum atomic E-state index is -0.642. The van der Waals surface area contributed by atoms with E-state index in [4.69, 9.17) is 0 Å². The van der Waals surface area contributed by atoms with Crippen LogP contribution in [0, 0.1) is 0 Å². The summed E-state index contributed by atoms with van der Waals surface area (Å²) in [6.45, 7) is 9.00. The van der Waals surface area contributed by atoms with E-state index in [1.54, 1.807) is 4.90 Å². The second-order valence-electron chi connectivity index (χ2n) is 6.19. The van der Waals surface area contributed by atoms with E-state index in [0.29, 0.717) is 0 Å². The van der Waals surface area contributed by atoms with Gasteiger partial charge in [-0.3, -0.25) is 23.5 Å². The van der Waals surface area contributed by atoms with E-state index in [1.165, 1.54) is 20.2 Å². The molecule has 2 atom stereocenters. The first kappa shape index (κ1) is 19.9. The van der Waals surface area contributed by atoms with Crippen LogP contribution in [-0.2, 0) is 18.4 Å². The van der Waals surface area contributed by atoms with Crippen LogP contribution in [0.1, 0.15) is 57.8 Å². The second kappa shape index (κ2) is 8.08. The van der Waals surface area contributed by atoms with Gasteiger partial charge in [0.2, 0.25) is 5.91 Å². The molecule has 0 aliphatic heterocycles. The lowest BCUT2D eigenvalue weighted by atomic mass is 10.1. The van der Waals surface area contributed by atoms with Crippen LogP contribution in [0.2, 0.25) is 0 Å². The molecular weight excluding hydrogens is 310 g/mol. The van der Waals surface area contributed by atoms with Crippen LogP contribution >= 0.6 is 0 Å². The maximum atomic E-state index is 12.7. The molecule has 2 unspecified atom stereocenters. The van der Waals surface area contributed by atoms with Crippen molar-refractivity contribution in [1.29, 1.82) is 0 Å². The highest BCUT2D eigenvalue weighted by molar-refractivity contribution is 5.93. The molecule has 0 saturated heterocycles. The van der Waals surface area contributed by atoms with Gasteiger partial charge in [0.1, 0.15) is 6.54 Å². The molecule has 0 radical (unpaired) electrons. The third-order valence-electron chi connectivity index (χ3n) is 4.46. The molecule has 0 spiro atoms. The van der Waals surface area contributed by atoms with Crippen LogP contribution in [-0.4, -0.2) is 37.8 Å². The quantitative estimate of drug-likeness (QED) is 0.700. The monoisotopic (exact) mass is 337 g/mol. The number of carbonyl (C=O) groups is 2. The van der Waals surface area contributed by atoms with Gasteiger partial charge in [-0.25, -0.2) is 4.79 Å². The summed E-state index contributed by atoms with van der Waals surface area (Å²) < 4.78 is 2.00. The number of amides is 1. The Labute approximate surface area is 141 Å². The lowest BCUT2D eigenvalue weighted by Crippen LogP contribution is -2.48. The van der Waals surface area contributed by atoms with Crippen molar-refractivity contribution < 1.29 is 9.59 Å². The van der Waals surface area contributed by atoms with Gasteiger partial charge in [-0.2, -0.15) is 0 Å². The second-order valence-corrected chi connectivity index (χ2v) is 6.19. The highest BCUT2D eigenvalue weighted by Crippen LogP contribution is 2.12. The molecule has 0 aliphatic rings.